The monoisotopic (exact) mass is 507 g/mol. The quantitative estimate of drug-likeness (QED) is 0.448. The van der Waals surface area contributed by atoms with Crippen LogP contribution in [0.25, 0.3) is 10.6 Å². The Morgan fingerprint density at radius 3 is 2.72 bits per heavy atom. The van der Waals surface area contributed by atoms with Crippen molar-refractivity contribution in [2.24, 2.45) is 5.92 Å². The van der Waals surface area contributed by atoms with Gasteiger partial charge in [-0.1, -0.05) is 50.2 Å². The first-order chi connectivity index (χ1) is 17.5. The van der Waals surface area contributed by atoms with Gasteiger partial charge in [0, 0.05) is 49.4 Å². The summed E-state index contributed by atoms with van der Waals surface area (Å²) in [5, 5.41) is 1.02. The highest BCUT2D eigenvalue weighted by Crippen LogP contribution is 2.31. The topological polar surface area (TPSA) is 64.1 Å². The van der Waals surface area contributed by atoms with Gasteiger partial charge in [-0.15, -0.1) is 11.3 Å². The van der Waals surface area contributed by atoms with Crippen molar-refractivity contribution in [2.75, 3.05) is 39.5 Å². The molecular weight excluding hydrogens is 474 g/mol. The maximum atomic E-state index is 13.6. The summed E-state index contributed by atoms with van der Waals surface area (Å²) in [6.07, 6.45) is 1.47. The van der Waals surface area contributed by atoms with Crippen LogP contribution in [0.1, 0.15) is 24.3 Å². The predicted molar refractivity (Wildman–Crippen MR) is 140 cm³/mol. The van der Waals surface area contributed by atoms with E-state index in [0.29, 0.717) is 45.4 Å². The summed E-state index contributed by atoms with van der Waals surface area (Å²) in [6, 6.07) is 16.2. The smallest absolute Gasteiger partial charge is 0.253 e. The normalized spacial score (nSPS) is 17.8. The fourth-order valence-electron chi connectivity index (χ4n) is 4.59. The number of rotatable bonds is 8. The molecular formula is C28H33N3O4S. The number of hydrogen-bond acceptors (Lipinski definition) is 7. The van der Waals surface area contributed by atoms with E-state index in [1.165, 1.54) is 4.88 Å². The molecule has 1 fully saturated rings. The van der Waals surface area contributed by atoms with E-state index in [1.54, 1.807) is 11.3 Å². The molecule has 0 N–H and O–H groups in total. The molecule has 0 saturated carbocycles. The number of aromatic nitrogens is 1. The van der Waals surface area contributed by atoms with E-state index in [2.05, 4.69) is 35.9 Å². The van der Waals surface area contributed by atoms with Crippen LogP contribution in [-0.4, -0.2) is 66.2 Å². The van der Waals surface area contributed by atoms with Gasteiger partial charge in [0.2, 0.25) is 0 Å². The van der Waals surface area contributed by atoms with Crippen molar-refractivity contribution in [3.63, 3.8) is 0 Å². The van der Waals surface area contributed by atoms with Crippen LogP contribution in [0.15, 0.2) is 54.7 Å². The van der Waals surface area contributed by atoms with Crippen molar-refractivity contribution in [1.29, 1.82) is 0 Å². The maximum absolute atomic E-state index is 13.6. The Balaban J connectivity index is 1.24. The molecule has 1 unspecified atom stereocenters. The van der Waals surface area contributed by atoms with Crippen LogP contribution in [-0.2, 0) is 22.6 Å². The molecule has 1 atom stereocenters. The molecule has 36 heavy (non-hydrogen) atoms. The molecule has 190 valence electrons. The molecule has 2 aliphatic rings. The molecule has 0 radical (unpaired) electrons. The van der Waals surface area contributed by atoms with Gasteiger partial charge >= 0.3 is 0 Å². The van der Waals surface area contributed by atoms with Gasteiger partial charge in [0.1, 0.15) is 24.3 Å². The standard InChI is InChI=1S/C28H33N3O4S/c1-20(2)16-31(17-21-8-9-24-25(14-21)35-13-12-34-24)28(32)26-19-30(10-11-33-26)18-23-15-29-27(36-23)22-6-4-3-5-7-22/h3-9,14-15,20,26H,10-13,16-19H2,1-2H3. The van der Waals surface area contributed by atoms with E-state index >= 15 is 0 Å². The summed E-state index contributed by atoms with van der Waals surface area (Å²) >= 11 is 1.71. The van der Waals surface area contributed by atoms with E-state index in [0.717, 1.165) is 40.7 Å². The lowest BCUT2D eigenvalue weighted by atomic mass is 10.1. The fourth-order valence-corrected chi connectivity index (χ4v) is 5.55. The number of carbonyl (C=O) groups is 1. The van der Waals surface area contributed by atoms with Gasteiger partial charge in [0.05, 0.1) is 6.61 Å². The minimum absolute atomic E-state index is 0.0394. The fraction of sp³-hybridized carbons (Fsp3) is 0.429. The van der Waals surface area contributed by atoms with Crippen LogP contribution in [0, 0.1) is 5.92 Å². The zero-order valence-corrected chi connectivity index (χ0v) is 21.7. The third-order valence-corrected chi connectivity index (χ3v) is 7.29. The number of nitrogens with zero attached hydrogens (tertiary/aromatic N) is 3. The SMILES string of the molecule is CC(C)CN(Cc1ccc2c(c1)OCCO2)C(=O)C1CN(Cc2cnc(-c3ccccc3)s2)CCO1. The summed E-state index contributed by atoms with van der Waals surface area (Å²) < 4.78 is 17.4. The summed E-state index contributed by atoms with van der Waals surface area (Å²) in [6.45, 7) is 9.24. The lowest BCUT2D eigenvalue weighted by molar-refractivity contribution is -0.151. The Morgan fingerprint density at radius 2 is 1.92 bits per heavy atom. The summed E-state index contributed by atoms with van der Waals surface area (Å²) in [7, 11) is 0. The molecule has 0 spiro atoms. The van der Waals surface area contributed by atoms with E-state index in [4.69, 9.17) is 14.2 Å². The Hall–Kier alpha value is -2.94. The number of morpholine rings is 1. The van der Waals surface area contributed by atoms with E-state index in [9.17, 15) is 4.79 Å². The first-order valence-corrected chi connectivity index (χ1v) is 13.4. The molecule has 1 saturated heterocycles. The molecule has 1 amide bonds. The summed E-state index contributed by atoms with van der Waals surface area (Å²) in [4.78, 5) is 23.6. The van der Waals surface area contributed by atoms with Crippen LogP contribution in [0.4, 0.5) is 0 Å². The van der Waals surface area contributed by atoms with Crippen molar-refractivity contribution in [3.8, 4) is 22.1 Å². The van der Waals surface area contributed by atoms with Crippen molar-refractivity contribution in [1.82, 2.24) is 14.8 Å². The van der Waals surface area contributed by atoms with Crippen LogP contribution in [0.5, 0.6) is 11.5 Å². The number of amides is 1. The van der Waals surface area contributed by atoms with Crippen LogP contribution < -0.4 is 9.47 Å². The Bertz CT molecular complexity index is 1170. The van der Waals surface area contributed by atoms with Gasteiger partial charge in [-0.25, -0.2) is 4.98 Å². The Kier molecular flexibility index (Phi) is 7.84. The number of fused-ring (bicyclic) bond motifs is 1. The van der Waals surface area contributed by atoms with E-state index in [-0.39, 0.29) is 5.91 Å². The number of ether oxygens (including phenoxy) is 3. The minimum Gasteiger partial charge on any atom is -0.486 e. The second-order valence-corrected chi connectivity index (χ2v) is 10.8. The molecule has 3 heterocycles. The summed E-state index contributed by atoms with van der Waals surface area (Å²) in [5.41, 5.74) is 2.16. The molecule has 3 aromatic rings. The Morgan fingerprint density at radius 1 is 1.11 bits per heavy atom. The second-order valence-electron chi connectivity index (χ2n) is 9.68. The van der Waals surface area contributed by atoms with E-state index < -0.39 is 6.10 Å². The number of carbonyl (C=O) groups excluding carboxylic acids is 1. The summed E-state index contributed by atoms with van der Waals surface area (Å²) in [5.74, 6) is 1.89. The molecule has 5 rings (SSSR count). The predicted octanol–water partition coefficient (Wildman–Crippen LogP) is 4.47. The molecule has 0 bridgehead atoms. The van der Waals surface area contributed by atoms with Crippen molar-refractivity contribution < 1.29 is 19.0 Å². The van der Waals surface area contributed by atoms with Crippen LogP contribution in [0.3, 0.4) is 0 Å². The maximum Gasteiger partial charge on any atom is 0.253 e. The number of benzene rings is 2. The zero-order valence-electron chi connectivity index (χ0n) is 20.9. The van der Waals surface area contributed by atoms with Crippen LogP contribution in [0.2, 0.25) is 0 Å². The second kappa shape index (κ2) is 11.4. The average Bonchev–Trinajstić information content (AvgIpc) is 3.37. The van der Waals surface area contributed by atoms with Gasteiger partial charge in [0.25, 0.3) is 5.91 Å². The lowest BCUT2D eigenvalue weighted by Gasteiger charge is -2.35. The van der Waals surface area contributed by atoms with Crippen molar-refractivity contribution >= 4 is 17.2 Å². The molecule has 8 heteroatoms. The largest absolute Gasteiger partial charge is 0.486 e. The van der Waals surface area contributed by atoms with Gasteiger partial charge in [-0.05, 0) is 23.6 Å². The highest BCUT2D eigenvalue weighted by Gasteiger charge is 2.31. The number of hydrogen-bond donors (Lipinski definition) is 0. The molecule has 0 aliphatic carbocycles. The Labute approximate surface area is 216 Å². The minimum atomic E-state index is -0.476. The molecule has 2 aromatic carbocycles. The van der Waals surface area contributed by atoms with Gasteiger partial charge < -0.3 is 19.1 Å². The first-order valence-electron chi connectivity index (χ1n) is 12.6. The highest BCUT2D eigenvalue weighted by molar-refractivity contribution is 7.15. The van der Waals surface area contributed by atoms with Crippen LogP contribution >= 0.6 is 11.3 Å². The lowest BCUT2D eigenvalue weighted by Crippen LogP contribution is -2.51. The highest BCUT2D eigenvalue weighted by atomic mass is 32.1. The molecule has 1 aromatic heterocycles. The van der Waals surface area contributed by atoms with Crippen molar-refractivity contribution in [3.05, 3.63) is 65.2 Å². The number of thiazole rings is 1. The zero-order chi connectivity index (χ0) is 24.9. The van der Waals surface area contributed by atoms with Crippen molar-refractivity contribution in [2.45, 2.75) is 33.0 Å². The average molecular weight is 508 g/mol. The van der Waals surface area contributed by atoms with E-state index in [1.807, 2.05) is 47.5 Å². The third kappa shape index (κ3) is 6.06. The van der Waals surface area contributed by atoms with Gasteiger partial charge in [-0.3, -0.25) is 9.69 Å². The van der Waals surface area contributed by atoms with Gasteiger partial charge in [0.15, 0.2) is 11.5 Å². The van der Waals surface area contributed by atoms with Gasteiger partial charge in [-0.2, -0.15) is 0 Å². The first kappa shape index (κ1) is 24.7. The third-order valence-electron chi connectivity index (χ3n) is 6.26. The molecule has 7 nitrogen and oxygen atoms in total. The molecule has 2 aliphatic heterocycles.